The molecule has 0 radical (unpaired) electrons. The summed E-state index contributed by atoms with van der Waals surface area (Å²) in [4.78, 5) is 0. The third-order valence-electron chi connectivity index (χ3n) is 3.33. The van der Waals surface area contributed by atoms with E-state index in [9.17, 15) is 17.9 Å². The van der Waals surface area contributed by atoms with Gasteiger partial charge in [-0.25, -0.2) is 12.8 Å². The van der Waals surface area contributed by atoms with Crippen LogP contribution in [0.2, 0.25) is 0 Å². The number of aliphatic hydroxyl groups is 1. The van der Waals surface area contributed by atoms with Crippen LogP contribution in [0.25, 0.3) is 0 Å². The van der Waals surface area contributed by atoms with E-state index < -0.39 is 15.9 Å². The van der Waals surface area contributed by atoms with E-state index in [1.165, 1.54) is 12.1 Å². The molecule has 2 unspecified atom stereocenters. The molecule has 1 aromatic rings. The van der Waals surface area contributed by atoms with Crippen LogP contribution in [0.4, 0.5) is 4.39 Å². The van der Waals surface area contributed by atoms with Gasteiger partial charge in [0, 0.05) is 4.47 Å². The Labute approximate surface area is 120 Å². The Balaban J connectivity index is 1.92. The van der Waals surface area contributed by atoms with Gasteiger partial charge in [0.15, 0.2) is 9.84 Å². The minimum atomic E-state index is -2.91. The monoisotopic (exact) mass is 350 g/mol. The van der Waals surface area contributed by atoms with E-state index >= 15 is 0 Å². The predicted molar refractivity (Wildman–Crippen MR) is 75.2 cm³/mol. The highest BCUT2D eigenvalue weighted by atomic mass is 79.9. The maximum absolute atomic E-state index is 13.2. The van der Waals surface area contributed by atoms with E-state index in [-0.39, 0.29) is 23.2 Å². The molecular weight excluding hydrogens is 335 g/mol. The molecule has 0 aromatic heterocycles. The number of hydrogen-bond donors (Lipinski definition) is 1. The summed E-state index contributed by atoms with van der Waals surface area (Å²) < 4.78 is 36.5. The molecule has 2 atom stereocenters. The lowest BCUT2D eigenvalue weighted by atomic mass is 9.97. The van der Waals surface area contributed by atoms with Crippen LogP contribution in [-0.4, -0.2) is 31.1 Å². The first-order valence-electron chi connectivity index (χ1n) is 6.17. The lowest BCUT2D eigenvalue weighted by Crippen LogP contribution is -2.17. The van der Waals surface area contributed by atoms with Crippen LogP contribution in [-0.2, 0) is 16.3 Å². The highest BCUT2D eigenvalue weighted by molar-refractivity contribution is 9.10. The first-order chi connectivity index (χ1) is 8.84. The van der Waals surface area contributed by atoms with E-state index in [4.69, 9.17) is 0 Å². The zero-order valence-electron chi connectivity index (χ0n) is 10.4. The summed E-state index contributed by atoms with van der Waals surface area (Å²) in [5, 5.41) is 9.98. The lowest BCUT2D eigenvalue weighted by molar-refractivity contribution is 0.147. The standard InChI is InChI=1S/C13H16BrFO3S/c14-11-3-10(4-12(15)7-11)6-13(16)5-9-1-2-19(17,18)8-9/h3-4,7,9,13,16H,1-2,5-6,8H2. The van der Waals surface area contributed by atoms with Crippen LogP contribution in [0, 0.1) is 11.7 Å². The van der Waals surface area contributed by atoms with Gasteiger partial charge in [-0.3, -0.25) is 0 Å². The molecule has 1 N–H and O–H groups in total. The second-order valence-electron chi connectivity index (χ2n) is 5.14. The molecule has 0 bridgehead atoms. The summed E-state index contributed by atoms with van der Waals surface area (Å²) in [6.07, 6.45) is 0.777. The van der Waals surface area contributed by atoms with Crippen molar-refractivity contribution in [1.29, 1.82) is 0 Å². The fourth-order valence-corrected chi connectivity index (χ4v) is 4.92. The van der Waals surface area contributed by atoms with Crippen molar-refractivity contribution in [2.45, 2.75) is 25.4 Å². The van der Waals surface area contributed by atoms with Gasteiger partial charge in [-0.05, 0) is 48.9 Å². The average Bonchev–Trinajstić information content (AvgIpc) is 2.55. The topological polar surface area (TPSA) is 54.4 Å². The molecule has 0 spiro atoms. The number of benzene rings is 1. The van der Waals surface area contributed by atoms with Gasteiger partial charge >= 0.3 is 0 Å². The fourth-order valence-electron chi connectivity index (χ4n) is 2.53. The molecule has 1 heterocycles. The second-order valence-corrected chi connectivity index (χ2v) is 8.28. The van der Waals surface area contributed by atoms with Crippen LogP contribution in [0.5, 0.6) is 0 Å². The Hall–Kier alpha value is -0.460. The van der Waals surface area contributed by atoms with Crippen molar-refractivity contribution in [3.63, 3.8) is 0 Å². The molecule has 0 amide bonds. The molecule has 1 saturated heterocycles. The number of aliphatic hydroxyl groups excluding tert-OH is 1. The van der Waals surface area contributed by atoms with Gasteiger partial charge in [-0.15, -0.1) is 0 Å². The second kappa shape index (κ2) is 5.89. The van der Waals surface area contributed by atoms with Crippen molar-refractivity contribution in [1.82, 2.24) is 0 Å². The number of rotatable bonds is 4. The van der Waals surface area contributed by atoms with E-state index in [0.29, 0.717) is 29.3 Å². The van der Waals surface area contributed by atoms with Crippen LogP contribution in [0.1, 0.15) is 18.4 Å². The Morgan fingerprint density at radius 2 is 2.16 bits per heavy atom. The van der Waals surface area contributed by atoms with Crippen molar-refractivity contribution < 1.29 is 17.9 Å². The molecule has 2 rings (SSSR count). The molecule has 1 aliphatic rings. The van der Waals surface area contributed by atoms with Gasteiger partial charge in [0.05, 0.1) is 17.6 Å². The average molecular weight is 351 g/mol. The number of sulfone groups is 1. The summed E-state index contributed by atoms with van der Waals surface area (Å²) in [6, 6.07) is 4.51. The minimum Gasteiger partial charge on any atom is -0.393 e. The first-order valence-corrected chi connectivity index (χ1v) is 8.79. The Morgan fingerprint density at radius 3 is 2.74 bits per heavy atom. The molecule has 3 nitrogen and oxygen atoms in total. The predicted octanol–water partition coefficient (Wildman–Crippen LogP) is 2.32. The molecule has 19 heavy (non-hydrogen) atoms. The lowest BCUT2D eigenvalue weighted by Gasteiger charge is -2.14. The third kappa shape index (κ3) is 4.54. The zero-order chi connectivity index (χ0) is 14.0. The Bertz CT molecular complexity index is 539. The van der Waals surface area contributed by atoms with Gasteiger partial charge in [0.25, 0.3) is 0 Å². The van der Waals surface area contributed by atoms with Gasteiger partial charge in [0.1, 0.15) is 5.82 Å². The Morgan fingerprint density at radius 1 is 1.42 bits per heavy atom. The molecule has 6 heteroatoms. The van der Waals surface area contributed by atoms with E-state index in [1.807, 2.05) is 0 Å². The van der Waals surface area contributed by atoms with Crippen LogP contribution in [0.3, 0.4) is 0 Å². The Kier molecular flexibility index (Phi) is 4.63. The van der Waals surface area contributed by atoms with Crippen molar-refractivity contribution in [2.75, 3.05) is 11.5 Å². The first kappa shape index (κ1) is 14.9. The zero-order valence-corrected chi connectivity index (χ0v) is 12.8. The van der Waals surface area contributed by atoms with E-state index in [1.54, 1.807) is 6.07 Å². The summed E-state index contributed by atoms with van der Waals surface area (Å²) in [6.45, 7) is 0. The molecule has 1 aliphatic heterocycles. The highest BCUT2D eigenvalue weighted by Crippen LogP contribution is 2.24. The van der Waals surface area contributed by atoms with Gasteiger partial charge in [-0.2, -0.15) is 0 Å². The van der Waals surface area contributed by atoms with Gasteiger partial charge in [-0.1, -0.05) is 15.9 Å². The SMILES string of the molecule is O=S1(=O)CCC(CC(O)Cc2cc(F)cc(Br)c2)C1. The van der Waals surface area contributed by atoms with Gasteiger partial charge < -0.3 is 5.11 Å². The van der Waals surface area contributed by atoms with E-state index in [0.717, 1.165) is 0 Å². The molecule has 1 aromatic carbocycles. The van der Waals surface area contributed by atoms with Crippen molar-refractivity contribution >= 4 is 25.8 Å². The molecule has 0 saturated carbocycles. The maximum Gasteiger partial charge on any atom is 0.150 e. The largest absolute Gasteiger partial charge is 0.393 e. The summed E-state index contributed by atoms with van der Waals surface area (Å²) in [5.74, 6) is 0.0595. The normalized spacial score (nSPS) is 23.4. The van der Waals surface area contributed by atoms with Gasteiger partial charge in [0.2, 0.25) is 0 Å². The summed E-state index contributed by atoms with van der Waals surface area (Å²) in [7, 11) is -2.91. The number of halogens is 2. The maximum atomic E-state index is 13.2. The smallest absolute Gasteiger partial charge is 0.150 e. The molecule has 0 aliphatic carbocycles. The summed E-state index contributed by atoms with van der Waals surface area (Å²) >= 11 is 3.21. The quantitative estimate of drug-likeness (QED) is 0.906. The van der Waals surface area contributed by atoms with Crippen molar-refractivity contribution in [2.24, 2.45) is 5.92 Å². The number of hydrogen-bond acceptors (Lipinski definition) is 3. The third-order valence-corrected chi connectivity index (χ3v) is 5.62. The molecule has 1 fully saturated rings. The molecule has 106 valence electrons. The fraction of sp³-hybridized carbons (Fsp3) is 0.538. The molecular formula is C13H16BrFO3S. The van der Waals surface area contributed by atoms with Crippen molar-refractivity contribution in [3.8, 4) is 0 Å². The van der Waals surface area contributed by atoms with Crippen LogP contribution >= 0.6 is 15.9 Å². The minimum absolute atomic E-state index is 0.0250. The van der Waals surface area contributed by atoms with Crippen LogP contribution < -0.4 is 0 Å². The highest BCUT2D eigenvalue weighted by Gasteiger charge is 2.29. The van der Waals surface area contributed by atoms with Crippen LogP contribution in [0.15, 0.2) is 22.7 Å². The summed E-state index contributed by atoms with van der Waals surface area (Å²) in [5.41, 5.74) is 0.709. The van der Waals surface area contributed by atoms with Crippen molar-refractivity contribution in [3.05, 3.63) is 34.1 Å². The van der Waals surface area contributed by atoms with E-state index in [2.05, 4.69) is 15.9 Å².